The molecular formula is C15H21ClN2O3. The molecule has 0 fully saturated rings. The molecule has 1 aromatic heterocycles. The Labute approximate surface area is 130 Å². The van der Waals surface area contributed by atoms with Crippen LogP contribution in [0.2, 0.25) is 5.15 Å². The highest BCUT2D eigenvalue weighted by Crippen LogP contribution is 2.13. The van der Waals surface area contributed by atoms with E-state index in [4.69, 9.17) is 16.3 Å². The molecule has 0 aromatic carbocycles. The van der Waals surface area contributed by atoms with Crippen LogP contribution < -0.4 is 5.32 Å². The van der Waals surface area contributed by atoms with E-state index in [1.54, 1.807) is 0 Å². The van der Waals surface area contributed by atoms with E-state index in [0.29, 0.717) is 0 Å². The maximum atomic E-state index is 12.2. The minimum atomic E-state index is -0.854. The molecule has 0 radical (unpaired) electrons. The molecule has 0 spiro atoms. The van der Waals surface area contributed by atoms with Gasteiger partial charge in [0.05, 0.1) is 5.56 Å². The van der Waals surface area contributed by atoms with Crippen molar-refractivity contribution in [3.63, 3.8) is 0 Å². The second-order valence-electron chi connectivity index (χ2n) is 6.18. The van der Waals surface area contributed by atoms with E-state index in [9.17, 15) is 9.59 Å². The molecule has 1 aromatic rings. The number of pyridine rings is 1. The molecule has 6 heteroatoms. The quantitative estimate of drug-likeness (QED) is 0.685. The Morgan fingerprint density at radius 3 is 2.33 bits per heavy atom. The smallest absolute Gasteiger partial charge is 0.340 e. The number of ether oxygens (including phenoxy) is 1. The molecule has 1 N–H and O–H groups in total. The summed E-state index contributed by atoms with van der Waals surface area (Å²) in [6.45, 7) is 9.24. The first kappa shape index (κ1) is 17.4. The molecule has 116 valence electrons. The minimum Gasteiger partial charge on any atom is -0.448 e. The summed E-state index contributed by atoms with van der Waals surface area (Å²) in [6.07, 6.45) is 0.469. The monoisotopic (exact) mass is 312 g/mol. The average Bonchev–Trinajstić information content (AvgIpc) is 2.33. The summed E-state index contributed by atoms with van der Waals surface area (Å²) >= 11 is 5.67. The Balaban J connectivity index is 2.81. The van der Waals surface area contributed by atoms with Gasteiger partial charge in [0.1, 0.15) is 5.15 Å². The fourth-order valence-electron chi connectivity index (χ4n) is 1.61. The zero-order valence-electron chi connectivity index (χ0n) is 12.9. The summed E-state index contributed by atoms with van der Waals surface area (Å²) in [5.41, 5.74) is -0.132. The van der Waals surface area contributed by atoms with Crippen LogP contribution in [0.15, 0.2) is 18.3 Å². The first-order chi connectivity index (χ1) is 9.60. The molecule has 5 nitrogen and oxygen atoms in total. The molecule has 0 unspecified atom stereocenters. The SMILES string of the molecule is CC(C)[C@H](OC(=O)c1ccc(Cl)nc1)C(=O)NC(C)(C)C. The van der Waals surface area contributed by atoms with E-state index in [-0.39, 0.29) is 22.5 Å². The van der Waals surface area contributed by atoms with Crippen LogP contribution in [0.4, 0.5) is 0 Å². The third-order valence-corrected chi connectivity index (χ3v) is 2.78. The first-order valence-corrected chi connectivity index (χ1v) is 7.12. The van der Waals surface area contributed by atoms with E-state index < -0.39 is 17.6 Å². The van der Waals surface area contributed by atoms with Crippen molar-refractivity contribution in [2.45, 2.75) is 46.3 Å². The predicted molar refractivity (Wildman–Crippen MR) is 81.2 cm³/mol. The average molecular weight is 313 g/mol. The fraction of sp³-hybridized carbons (Fsp3) is 0.533. The molecule has 0 saturated heterocycles. The van der Waals surface area contributed by atoms with Crippen molar-refractivity contribution in [2.24, 2.45) is 5.92 Å². The fourth-order valence-corrected chi connectivity index (χ4v) is 1.72. The minimum absolute atomic E-state index is 0.142. The number of esters is 1. The molecule has 21 heavy (non-hydrogen) atoms. The van der Waals surface area contributed by atoms with E-state index in [0.717, 1.165) is 0 Å². The third kappa shape index (κ3) is 5.71. The molecule has 0 bridgehead atoms. The first-order valence-electron chi connectivity index (χ1n) is 6.74. The van der Waals surface area contributed by atoms with Crippen LogP contribution in [0.1, 0.15) is 45.0 Å². The van der Waals surface area contributed by atoms with Crippen LogP contribution in [0.5, 0.6) is 0 Å². The highest BCUT2D eigenvalue weighted by Gasteiger charge is 2.29. The Morgan fingerprint density at radius 1 is 1.29 bits per heavy atom. The maximum absolute atomic E-state index is 12.2. The van der Waals surface area contributed by atoms with Crippen LogP contribution in [-0.2, 0) is 9.53 Å². The van der Waals surface area contributed by atoms with E-state index in [1.165, 1.54) is 18.3 Å². The Hall–Kier alpha value is -1.62. The van der Waals surface area contributed by atoms with E-state index in [2.05, 4.69) is 10.3 Å². The zero-order chi connectivity index (χ0) is 16.2. The third-order valence-electron chi connectivity index (χ3n) is 2.56. The summed E-state index contributed by atoms with van der Waals surface area (Å²) in [5, 5.41) is 3.10. The summed E-state index contributed by atoms with van der Waals surface area (Å²) < 4.78 is 5.31. The molecule has 1 rings (SSSR count). The Bertz CT molecular complexity index is 507. The second kappa shape index (κ2) is 6.89. The van der Waals surface area contributed by atoms with Gasteiger partial charge in [0, 0.05) is 11.7 Å². The molecule has 1 amide bonds. The van der Waals surface area contributed by atoms with Gasteiger partial charge in [-0.25, -0.2) is 9.78 Å². The standard InChI is InChI=1S/C15H21ClN2O3/c1-9(2)12(13(19)18-15(3,4)5)21-14(20)10-6-7-11(16)17-8-10/h6-9,12H,1-5H3,(H,18,19)/t12-/m0/s1. The Kier molecular flexibility index (Phi) is 5.72. The molecule has 0 saturated carbocycles. The number of nitrogens with one attached hydrogen (secondary N) is 1. The van der Waals surface area contributed by atoms with Gasteiger partial charge in [0.2, 0.25) is 0 Å². The number of amides is 1. The largest absolute Gasteiger partial charge is 0.448 e. The highest BCUT2D eigenvalue weighted by molar-refractivity contribution is 6.29. The predicted octanol–water partition coefficient (Wildman–Crippen LogP) is 2.83. The summed E-state index contributed by atoms with van der Waals surface area (Å²) in [6, 6.07) is 3.01. The molecule has 1 heterocycles. The zero-order valence-corrected chi connectivity index (χ0v) is 13.7. The number of carbonyl (C=O) groups excluding carboxylic acids is 2. The number of nitrogens with zero attached hydrogens (tertiary/aromatic N) is 1. The Morgan fingerprint density at radius 2 is 1.90 bits per heavy atom. The van der Waals surface area contributed by atoms with Crippen molar-refractivity contribution in [3.8, 4) is 0 Å². The number of aromatic nitrogens is 1. The number of hydrogen-bond acceptors (Lipinski definition) is 4. The van der Waals surface area contributed by atoms with Crippen LogP contribution in [-0.4, -0.2) is 28.5 Å². The lowest BCUT2D eigenvalue weighted by Crippen LogP contribution is -2.48. The molecule has 1 atom stereocenters. The second-order valence-corrected chi connectivity index (χ2v) is 6.57. The molecule has 0 aliphatic heterocycles. The molecular weight excluding hydrogens is 292 g/mol. The van der Waals surface area contributed by atoms with E-state index in [1.807, 2.05) is 34.6 Å². The van der Waals surface area contributed by atoms with Crippen molar-refractivity contribution in [1.29, 1.82) is 0 Å². The van der Waals surface area contributed by atoms with Crippen LogP contribution in [0.3, 0.4) is 0 Å². The number of carbonyl (C=O) groups is 2. The summed E-state index contributed by atoms with van der Waals surface area (Å²) in [5.74, 6) is -1.05. The highest BCUT2D eigenvalue weighted by atomic mass is 35.5. The van der Waals surface area contributed by atoms with Crippen molar-refractivity contribution in [2.75, 3.05) is 0 Å². The van der Waals surface area contributed by atoms with Crippen molar-refractivity contribution in [3.05, 3.63) is 29.0 Å². The van der Waals surface area contributed by atoms with Gasteiger partial charge in [-0.1, -0.05) is 25.4 Å². The van der Waals surface area contributed by atoms with Crippen molar-refractivity contribution in [1.82, 2.24) is 10.3 Å². The molecule has 0 aliphatic rings. The lowest BCUT2D eigenvalue weighted by Gasteiger charge is -2.26. The topological polar surface area (TPSA) is 68.3 Å². The van der Waals surface area contributed by atoms with Crippen LogP contribution >= 0.6 is 11.6 Å². The summed E-state index contributed by atoms with van der Waals surface area (Å²) in [7, 11) is 0. The van der Waals surface area contributed by atoms with Gasteiger partial charge in [-0.3, -0.25) is 4.79 Å². The van der Waals surface area contributed by atoms with Crippen LogP contribution in [0, 0.1) is 5.92 Å². The number of halogens is 1. The van der Waals surface area contributed by atoms with Gasteiger partial charge < -0.3 is 10.1 Å². The lowest BCUT2D eigenvalue weighted by atomic mass is 10.0. The van der Waals surface area contributed by atoms with Gasteiger partial charge in [-0.15, -0.1) is 0 Å². The van der Waals surface area contributed by atoms with E-state index >= 15 is 0 Å². The molecule has 0 aliphatic carbocycles. The van der Waals surface area contributed by atoms with Gasteiger partial charge in [-0.2, -0.15) is 0 Å². The van der Waals surface area contributed by atoms with Crippen molar-refractivity contribution < 1.29 is 14.3 Å². The maximum Gasteiger partial charge on any atom is 0.340 e. The lowest BCUT2D eigenvalue weighted by molar-refractivity contribution is -0.133. The number of hydrogen-bond donors (Lipinski definition) is 1. The van der Waals surface area contributed by atoms with Gasteiger partial charge >= 0.3 is 5.97 Å². The van der Waals surface area contributed by atoms with Gasteiger partial charge in [-0.05, 0) is 38.8 Å². The number of rotatable bonds is 4. The van der Waals surface area contributed by atoms with Crippen molar-refractivity contribution >= 4 is 23.5 Å². The normalized spacial score (nSPS) is 12.9. The van der Waals surface area contributed by atoms with Gasteiger partial charge in [0.25, 0.3) is 5.91 Å². The summed E-state index contributed by atoms with van der Waals surface area (Å²) in [4.78, 5) is 28.1. The van der Waals surface area contributed by atoms with Gasteiger partial charge in [0.15, 0.2) is 6.10 Å². The van der Waals surface area contributed by atoms with Crippen LogP contribution in [0.25, 0.3) is 0 Å².